The highest BCUT2D eigenvalue weighted by atomic mass is 32.1. The number of hydrogen-bond acceptors (Lipinski definition) is 5. The summed E-state index contributed by atoms with van der Waals surface area (Å²) in [7, 11) is 0. The molecule has 2 spiro atoms. The zero-order valence-electron chi connectivity index (χ0n) is 16.7. The molecule has 0 aliphatic carbocycles. The van der Waals surface area contributed by atoms with Gasteiger partial charge in [-0.05, 0) is 78.3 Å². The SMILES string of the molecule is CC(C)(C)N1CCC2(CCC(=O)N2)CC1C1CN(S)C2(CCNCC2)C1. The van der Waals surface area contributed by atoms with E-state index in [1.165, 1.54) is 19.3 Å². The van der Waals surface area contributed by atoms with Crippen molar-refractivity contribution in [1.29, 1.82) is 0 Å². The van der Waals surface area contributed by atoms with Crippen LogP contribution in [0.2, 0.25) is 0 Å². The first kappa shape index (κ1) is 19.0. The molecule has 0 radical (unpaired) electrons. The average molecular weight is 381 g/mol. The van der Waals surface area contributed by atoms with E-state index in [2.05, 4.69) is 40.6 Å². The van der Waals surface area contributed by atoms with Crippen LogP contribution < -0.4 is 10.6 Å². The molecule has 4 fully saturated rings. The molecule has 3 unspecified atom stereocenters. The van der Waals surface area contributed by atoms with Gasteiger partial charge in [0.2, 0.25) is 5.91 Å². The monoisotopic (exact) mass is 380 g/mol. The molecule has 4 aliphatic rings. The fraction of sp³-hybridized carbons (Fsp3) is 0.950. The predicted octanol–water partition coefficient (Wildman–Crippen LogP) is 2.19. The first-order valence-corrected chi connectivity index (χ1v) is 10.9. The molecular formula is C20H36N4OS. The standard InChI is InChI=1S/C20H36N4OS/c1-18(2,3)23-11-8-19(5-4-17(25)22-19)13-16(23)15-12-20(24(26)14-15)6-9-21-10-7-20/h15-16,21,26H,4-14H2,1-3H3,(H,22,25). The summed E-state index contributed by atoms with van der Waals surface area (Å²) >= 11 is 4.94. The maximum Gasteiger partial charge on any atom is 0.220 e. The number of carbonyl (C=O) groups is 1. The average Bonchev–Trinajstić information content (AvgIpc) is 3.08. The van der Waals surface area contributed by atoms with Crippen molar-refractivity contribution < 1.29 is 4.79 Å². The topological polar surface area (TPSA) is 47.6 Å². The zero-order chi connectivity index (χ0) is 18.6. The van der Waals surface area contributed by atoms with Gasteiger partial charge in [-0.15, -0.1) is 0 Å². The van der Waals surface area contributed by atoms with Gasteiger partial charge >= 0.3 is 0 Å². The Hall–Kier alpha value is -0.300. The van der Waals surface area contributed by atoms with E-state index in [4.69, 9.17) is 12.8 Å². The molecule has 4 rings (SSSR count). The largest absolute Gasteiger partial charge is 0.351 e. The third-order valence-corrected chi connectivity index (χ3v) is 8.19. The predicted molar refractivity (Wildman–Crippen MR) is 108 cm³/mol. The Morgan fingerprint density at radius 2 is 1.85 bits per heavy atom. The van der Waals surface area contributed by atoms with Gasteiger partial charge in [0.1, 0.15) is 0 Å². The second kappa shape index (κ2) is 6.64. The molecule has 4 aliphatic heterocycles. The summed E-state index contributed by atoms with van der Waals surface area (Å²) < 4.78 is 2.37. The van der Waals surface area contributed by atoms with Crippen LogP contribution in [0.1, 0.15) is 65.7 Å². The Morgan fingerprint density at radius 1 is 1.12 bits per heavy atom. The van der Waals surface area contributed by atoms with E-state index in [-0.39, 0.29) is 22.5 Å². The van der Waals surface area contributed by atoms with Crippen LogP contribution in [-0.2, 0) is 4.79 Å². The van der Waals surface area contributed by atoms with Crippen molar-refractivity contribution in [3.63, 3.8) is 0 Å². The number of amides is 1. The van der Waals surface area contributed by atoms with Gasteiger partial charge in [0.05, 0.1) is 0 Å². The van der Waals surface area contributed by atoms with Gasteiger partial charge in [-0.2, -0.15) is 0 Å². The van der Waals surface area contributed by atoms with E-state index in [1.54, 1.807) is 0 Å². The minimum Gasteiger partial charge on any atom is -0.351 e. The highest BCUT2D eigenvalue weighted by Crippen LogP contribution is 2.47. The van der Waals surface area contributed by atoms with Gasteiger partial charge in [-0.3, -0.25) is 9.69 Å². The highest BCUT2D eigenvalue weighted by Gasteiger charge is 2.53. The molecule has 26 heavy (non-hydrogen) atoms. The number of piperidine rings is 2. The minimum atomic E-state index is 0.0504. The fourth-order valence-electron chi connectivity index (χ4n) is 6.17. The van der Waals surface area contributed by atoms with Crippen LogP contribution in [0, 0.1) is 5.92 Å². The van der Waals surface area contributed by atoms with Gasteiger partial charge in [0.25, 0.3) is 0 Å². The maximum absolute atomic E-state index is 12.0. The summed E-state index contributed by atoms with van der Waals surface area (Å²) in [6.45, 7) is 11.4. The van der Waals surface area contributed by atoms with Crippen molar-refractivity contribution in [2.75, 3.05) is 26.2 Å². The third-order valence-electron chi connectivity index (χ3n) is 7.60. The molecule has 0 aromatic heterocycles. The van der Waals surface area contributed by atoms with Crippen molar-refractivity contribution >= 4 is 18.7 Å². The van der Waals surface area contributed by atoms with Crippen molar-refractivity contribution in [2.24, 2.45) is 5.92 Å². The van der Waals surface area contributed by atoms with E-state index < -0.39 is 0 Å². The summed E-state index contributed by atoms with van der Waals surface area (Å²) in [6.07, 6.45) is 7.59. The lowest BCUT2D eigenvalue weighted by atomic mass is 9.73. The normalized spacial score (nSPS) is 39.0. The van der Waals surface area contributed by atoms with Crippen LogP contribution in [0.4, 0.5) is 0 Å². The second-order valence-corrected chi connectivity index (χ2v) is 10.7. The number of hydrogen-bond donors (Lipinski definition) is 3. The van der Waals surface area contributed by atoms with Gasteiger partial charge < -0.3 is 10.6 Å². The summed E-state index contributed by atoms with van der Waals surface area (Å²) in [5, 5.41) is 6.88. The molecule has 5 nitrogen and oxygen atoms in total. The molecule has 3 atom stereocenters. The Labute approximate surface area is 164 Å². The first-order chi connectivity index (χ1) is 12.2. The van der Waals surface area contributed by atoms with Crippen molar-refractivity contribution in [2.45, 2.75) is 88.4 Å². The van der Waals surface area contributed by atoms with Crippen molar-refractivity contribution in [3.8, 4) is 0 Å². The van der Waals surface area contributed by atoms with Gasteiger partial charge in [-0.1, -0.05) is 12.8 Å². The maximum atomic E-state index is 12.0. The van der Waals surface area contributed by atoms with E-state index in [0.717, 1.165) is 45.4 Å². The first-order valence-electron chi connectivity index (χ1n) is 10.5. The Balaban J connectivity index is 1.57. The van der Waals surface area contributed by atoms with Crippen LogP contribution in [0.25, 0.3) is 0 Å². The Morgan fingerprint density at radius 3 is 2.46 bits per heavy atom. The van der Waals surface area contributed by atoms with Gasteiger partial charge in [0, 0.05) is 42.2 Å². The summed E-state index contributed by atoms with van der Waals surface area (Å²) in [5.41, 5.74) is 0.487. The molecule has 4 heterocycles. The molecule has 0 aromatic rings. The molecule has 148 valence electrons. The van der Waals surface area contributed by atoms with E-state index >= 15 is 0 Å². The molecule has 0 aromatic carbocycles. The molecule has 0 bridgehead atoms. The number of nitrogens with one attached hydrogen (secondary N) is 2. The summed E-state index contributed by atoms with van der Waals surface area (Å²) in [4.78, 5) is 14.7. The highest BCUT2D eigenvalue weighted by molar-refractivity contribution is 7.77. The molecule has 2 N–H and O–H groups in total. The van der Waals surface area contributed by atoms with Crippen molar-refractivity contribution in [1.82, 2.24) is 19.8 Å². The molecular weight excluding hydrogens is 344 g/mol. The zero-order valence-corrected chi connectivity index (χ0v) is 17.6. The number of nitrogens with zero attached hydrogens (tertiary/aromatic N) is 2. The molecule has 0 saturated carbocycles. The lowest BCUT2D eigenvalue weighted by molar-refractivity contribution is -0.120. The van der Waals surface area contributed by atoms with E-state index in [9.17, 15) is 4.79 Å². The lowest BCUT2D eigenvalue weighted by Gasteiger charge is -2.52. The summed E-state index contributed by atoms with van der Waals surface area (Å²) in [6, 6.07) is 0.533. The quantitative estimate of drug-likeness (QED) is 0.611. The number of rotatable bonds is 1. The second-order valence-electron chi connectivity index (χ2n) is 10.2. The van der Waals surface area contributed by atoms with Crippen LogP contribution in [0.15, 0.2) is 0 Å². The number of carbonyl (C=O) groups excluding carboxylic acids is 1. The van der Waals surface area contributed by atoms with Crippen molar-refractivity contribution in [3.05, 3.63) is 0 Å². The molecule has 6 heteroatoms. The van der Waals surface area contributed by atoms with Crippen LogP contribution in [0.3, 0.4) is 0 Å². The van der Waals surface area contributed by atoms with Gasteiger partial charge in [0.15, 0.2) is 0 Å². The van der Waals surface area contributed by atoms with Crippen LogP contribution >= 0.6 is 12.8 Å². The van der Waals surface area contributed by atoms with Gasteiger partial charge in [-0.25, -0.2) is 4.31 Å². The number of thiol groups is 1. The van der Waals surface area contributed by atoms with E-state index in [1.807, 2.05) is 0 Å². The lowest BCUT2D eigenvalue weighted by Crippen LogP contribution is -2.62. The molecule has 4 saturated heterocycles. The fourth-order valence-corrected chi connectivity index (χ4v) is 6.66. The smallest absolute Gasteiger partial charge is 0.220 e. The minimum absolute atomic E-state index is 0.0504. The number of likely N-dealkylation sites (tertiary alicyclic amines) is 1. The van der Waals surface area contributed by atoms with Crippen LogP contribution in [-0.4, -0.2) is 63.9 Å². The van der Waals surface area contributed by atoms with Crippen LogP contribution in [0.5, 0.6) is 0 Å². The Bertz CT molecular complexity index is 557. The summed E-state index contributed by atoms with van der Waals surface area (Å²) in [5.74, 6) is 0.893. The Kier molecular flexibility index (Phi) is 4.86. The van der Waals surface area contributed by atoms with E-state index in [0.29, 0.717) is 18.4 Å². The molecule has 1 amide bonds. The third kappa shape index (κ3) is 3.31.